The van der Waals surface area contributed by atoms with E-state index in [1.54, 1.807) is 12.1 Å². The Kier molecular flexibility index (Phi) is 8.05. The van der Waals surface area contributed by atoms with Gasteiger partial charge >= 0.3 is 181 Å². The summed E-state index contributed by atoms with van der Waals surface area (Å²) in [4.78, 5) is 25.2. The van der Waals surface area contributed by atoms with Crippen molar-refractivity contribution < 1.29 is 9.59 Å². The van der Waals surface area contributed by atoms with E-state index in [0.717, 1.165) is 72.4 Å². The number of carbonyl (C=O) groups excluding carboxylic acids is 2. The molecule has 0 aliphatic heterocycles. The minimum atomic E-state index is -2.53. The predicted octanol–water partition coefficient (Wildman–Crippen LogP) is 7.82. The van der Waals surface area contributed by atoms with Gasteiger partial charge in [-0.15, -0.1) is 0 Å². The van der Waals surface area contributed by atoms with Crippen molar-refractivity contribution >= 4 is 53.6 Å². The molecule has 1 aliphatic rings. The van der Waals surface area contributed by atoms with Crippen molar-refractivity contribution in [3.63, 3.8) is 0 Å². The van der Waals surface area contributed by atoms with E-state index < -0.39 is 5.31 Å². The van der Waals surface area contributed by atoms with Gasteiger partial charge in [-0.25, -0.2) is 0 Å². The molecule has 0 amide bonds. The number of fused-ring (bicyclic) bond motifs is 1. The second kappa shape index (κ2) is 9.46. The molecule has 0 atom stereocenters. The summed E-state index contributed by atoms with van der Waals surface area (Å²) in [5.41, 5.74) is 1.53. The van der Waals surface area contributed by atoms with Gasteiger partial charge in [0.2, 0.25) is 0 Å². The molecule has 1 aromatic rings. The third-order valence-electron chi connectivity index (χ3n) is 5.67. The molecule has 0 unspecified atom stereocenters. The Balaban J connectivity index is 2.73. The normalized spacial score (nSPS) is 15.9. The third kappa shape index (κ3) is 4.82. The van der Waals surface area contributed by atoms with Crippen LogP contribution in [0.4, 0.5) is 0 Å². The van der Waals surface area contributed by atoms with E-state index in [0.29, 0.717) is 5.56 Å². The van der Waals surface area contributed by atoms with Gasteiger partial charge in [0.05, 0.1) is 0 Å². The number of benzene rings is 1. The molecule has 0 spiro atoms. The van der Waals surface area contributed by atoms with Crippen molar-refractivity contribution in [2.75, 3.05) is 18.5 Å². The number of halogens is 2. The summed E-state index contributed by atoms with van der Waals surface area (Å²) in [6.45, 7) is 6.67. The van der Waals surface area contributed by atoms with Gasteiger partial charge in [0.15, 0.2) is 0 Å². The Morgan fingerprint density at radius 3 is 1.85 bits per heavy atom. The fraction of sp³-hybridized carbons (Fsp3) is 0.545. The number of hydrogen-bond acceptors (Lipinski definition) is 2. The number of carbonyl (C=O) groups is 2. The molecule has 0 saturated heterocycles. The molecule has 0 heterocycles. The summed E-state index contributed by atoms with van der Waals surface area (Å²) in [6.07, 6.45) is 11.8. The molecule has 150 valence electrons. The molecule has 1 aromatic carbocycles. The standard InChI is InChI=1S/C22H31Br2O2P/c1-4-7-12-27(24,13-8-5-2,14-9-6-3)21-16-20(25)22(26)18-11-10-17(23)15-19(18)21/h10-11,15-16H,4-9,12-14H2,1-3H3. The SMILES string of the molecule is CCCCP(Br)(CCCC)(CCCC)C1=CC(=O)C(=O)c2ccc(Br)cc21. The molecule has 0 fully saturated rings. The van der Waals surface area contributed by atoms with Crippen LogP contribution in [-0.4, -0.2) is 30.1 Å². The Morgan fingerprint density at radius 1 is 0.852 bits per heavy atom. The van der Waals surface area contributed by atoms with Crippen molar-refractivity contribution in [2.24, 2.45) is 0 Å². The van der Waals surface area contributed by atoms with Crippen molar-refractivity contribution in [2.45, 2.75) is 59.3 Å². The summed E-state index contributed by atoms with van der Waals surface area (Å²) in [6, 6.07) is 5.71. The molecule has 0 radical (unpaired) electrons. The summed E-state index contributed by atoms with van der Waals surface area (Å²) in [7, 11) is 0. The van der Waals surface area contributed by atoms with Crippen LogP contribution in [-0.2, 0) is 4.79 Å². The molecule has 0 N–H and O–H groups in total. The second-order valence-corrected chi connectivity index (χ2v) is 19.2. The van der Waals surface area contributed by atoms with Crippen molar-refractivity contribution in [1.82, 2.24) is 0 Å². The van der Waals surface area contributed by atoms with Crippen LogP contribution in [0, 0.1) is 0 Å². The van der Waals surface area contributed by atoms with Gasteiger partial charge in [0, 0.05) is 0 Å². The summed E-state index contributed by atoms with van der Waals surface area (Å²) >= 11 is 7.95. The maximum absolute atomic E-state index is 12.6. The van der Waals surface area contributed by atoms with Crippen LogP contribution in [0.5, 0.6) is 0 Å². The first-order valence-electron chi connectivity index (χ1n) is 10.1. The van der Waals surface area contributed by atoms with Gasteiger partial charge in [-0.2, -0.15) is 0 Å². The Morgan fingerprint density at radius 2 is 1.37 bits per heavy atom. The molecule has 27 heavy (non-hydrogen) atoms. The second-order valence-electron chi connectivity index (χ2n) is 7.73. The van der Waals surface area contributed by atoms with Crippen LogP contribution >= 0.6 is 36.7 Å². The predicted molar refractivity (Wildman–Crippen MR) is 127 cm³/mol. The summed E-state index contributed by atoms with van der Waals surface area (Å²) in [5, 5.41) is -1.39. The van der Waals surface area contributed by atoms with Crippen LogP contribution in [0.15, 0.2) is 28.7 Å². The monoisotopic (exact) mass is 516 g/mol. The molecule has 0 bridgehead atoms. The number of ketones is 2. The van der Waals surface area contributed by atoms with Gasteiger partial charge in [-0.3, -0.25) is 0 Å². The molecular formula is C22H31Br2O2P. The van der Waals surface area contributed by atoms with Gasteiger partial charge in [0.1, 0.15) is 0 Å². The van der Waals surface area contributed by atoms with E-state index in [9.17, 15) is 9.59 Å². The van der Waals surface area contributed by atoms with E-state index >= 15 is 0 Å². The van der Waals surface area contributed by atoms with Gasteiger partial charge in [0.25, 0.3) is 0 Å². The summed E-state index contributed by atoms with van der Waals surface area (Å²) in [5.74, 6) is -0.738. The third-order valence-corrected chi connectivity index (χ3v) is 16.1. The Hall–Kier alpha value is -0.310. The van der Waals surface area contributed by atoms with Crippen LogP contribution in [0.3, 0.4) is 0 Å². The van der Waals surface area contributed by atoms with E-state index in [-0.39, 0.29) is 11.6 Å². The molecule has 0 saturated carbocycles. The van der Waals surface area contributed by atoms with E-state index in [1.807, 2.05) is 12.1 Å². The molecule has 5 heteroatoms. The quantitative estimate of drug-likeness (QED) is 0.234. The van der Waals surface area contributed by atoms with E-state index in [1.165, 1.54) is 0 Å². The molecule has 2 nitrogen and oxygen atoms in total. The number of unbranched alkanes of at least 4 members (excludes halogenated alkanes) is 3. The number of Topliss-reactive ketones (excluding diaryl/α,β-unsaturated/α-hetero) is 1. The number of hydrogen-bond donors (Lipinski definition) is 0. The van der Waals surface area contributed by atoms with Gasteiger partial charge in [-0.1, -0.05) is 0 Å². The zero-order valence-corrected chi connectivity index (χ0v) is 20.8. The van der Waals surface area contributed by atoms with Crippen LogP contribution in [0.25, 0.3) is 5.31 Å². The van der Waals surface area contributed by atoms with Crippen LogP contribution < -0.4 is 0 Å². The van der Waals surface area contributed by atoms with Crippen LogP contribution in [0.2, 0.25) is 0 Å². The maximum atomic E-state index is 12.6. The van der Waals surface area contributed by atoms with Gasteiger partial charge in [-0.05, 0) is 0 Å². The van der Waals surface area contributed by atoms with Crippen molar-refractivity contribution in [1.29, 1.82) is 0 Å². The molecule has 2 rings (SSSR count). The van der Waals surface area contributed by atoms with E-state index in [2.05, 4.69) is 52.2 Å². The fourth-order valence-electron chi connectivity index (χ4n) is 4.05. The molecular weight excluding hydrogens is 487 g/mol. The average molecular weight is 518 g/mol. The minimum absolute atomic E-state index is 0.363. The zero-order chi connectivity index (χ0) is 20.1. The van der Waals surface area contributed by atoms with Crippen molar-refractivity contribution in [3.05, 3.63) is 39.9 Å². The molecule has 1 aliphatic carbocycles. The summed E-state index contributed by atoms with van der Waals surface area (Å²) < 4.78 is 0.952. The van der Waals surface area contributed by atoms with Gasteiger partial charge < -0.3 is 0 Å². The first kappa shape index (κ1) is 23.0. The Labute approximate surface area is 180 Å². The topological polar surface area (TPSA) is 34.1 Å². The zero-order valence-electron chi connectivity index (χ0n) is 16.7. The van der Waals surface area contributed by atoms with E-state index in [4.69, 9.17) is 0 Å². The number of rotatable bonds is 10. The average Bonchev–Trinajstić information content (AvgIpc) is 2.66. The fourth-order valence-corrected chi connectivity index (χ4v) is 13.3. The Bertz CT molecular complexity index is 730. The first-order chi connectivity index (χ1) is 12.8. The number of allylic oxidation sites excluding steroid dienone is 1. The molecule has 0 aromatic heterocycles. The van der Waals surface area contributed by atoms with Crippen molar-refractivity contribution in [3.8, 4) is 0 Å². The first-order valence-corrected chi connectivity index (χ1v) is 15.7. The van der Waals surface area contributed by atoms with Crippen LogP contribution in [0.1, 0.15) is 75.2 Å².